The molecule has 4 rings (SSSR count). The summed E-state index contributed by atoms with van der Waals surface area (Å²) in [5.74, 6) is 0.355. The van der Waals surface area contributed by atoms with E-state index in [0.29, 0.717) is 30.2 Å². The number of carbonyl (C=O) groups is 1. The number of fused-ring (bicyclic) bond motifs is 1. The third-order valence-electron chi connectivity index (χ3n) is 4.54. The van der Waals surface area contributed by atoms with E-state index in [1.165, 1.54) is 10.9 Å². The SMILES string of the molecule is Cc1ncoc1C(=O)N1CCC(c2cc(=O)n3[nH]ccc3n2)CC1. The molecule has 8 heteroatoms. The topological polar surface area (TPSA) is 96.5 Å². The summed E-state index contributed by atoms with van der Waals surface area (Å²) in [4.78, 5) is 34.8. The van der Waals surface area contributed by atoms with Crippen molar-refractivity contribution in [2.24, 2.45) is 0 Å². The van der Waals surface area contributed by atoms with Gasteiger partial charge in [-0.25, -0.2) is 14.5 Å². The first kappa shape index (κ1) is 14.7. The van der Waals surface area contributed by atoms with Crippen LogP contribution >= 0.6 is 0 Å². The lowest BCUT2D eigenvalue weighted by molar-refractivity contribution is 0.0679. The lowest BCUT2D eigenvalue weighted by atomic mass is 9.93. The second-order valence-corrected chi connectivity index (χ2v) is 6.01. The summed E-state index contributed by atoms with van der Waals surface area (Å²) in [5.41, 5.74) is 1.90. The quantitative estimate of drug-likeness (QED) is 0.766. The first-order valence-electron chi connectivity index (χ1n) is 7.90. The maximum Gasteiger partial charge on any atom is 0.291 e. The summed E-state index contributed by atoms with van der Waals surface area (Å²) < 4.78 is 6.60. The van der Waals surface area contributed by atoms with Crippen LogP contribution in [0, 0.1) is 6.92 Å². The van der Waals surface area contributed by atoms with Gasteiger partial charge in [0.05, 0.1) is 11.4 Å². The molecule has 0 aliphatic carbocycles. The molecule has 4 heterocycles. The lowest BCUT2D eigenvalue weighted by Crippen LogP contribution is -2.38. The van der Waals surface area contributed by atoms with Gasteiger partial charge in [0.2, 0.25) is 5.76 Å². The van der Waals surface area contributed by atoms with Crippen molar-refractivity contribution in [2.45, 2.75) is 25.7 Å². The Morgan fingerprint density at radius 3 is 2.88 bits per heavy atom. The second-order valence-electron chi connectivity index (χ2n) is 6.01. The molecule has 3 aromatic heterocycles. The summed E-state index contributed by atoms with van der Waals surface area (Å²) in [5, 5.41) is 2.83. The summed E-state index contributed by atoms with van der Waals surface area (Å²) in [7, 11) is 0. The third kappa shape index (κ3) is 2.40. The molecule has 0 unspecified atom stereocenters. The molecule has 0 spiro atoms. The molecule has 0 saturated carbocycles. The van der Waals surface area contributed by atoms with Gasteiger partial charge in [0, 0.05) is 37.3 Å². The minimum Gasteiger partial charge on any atom is -0.438 e. The number of likely N-dealkylation sites (tertiary alicyclic amines) is 1. The van der Waals surface area contributed by atoms with E-state index in [2.05, 4.69) is 15.1 Å². The predicted molar refractivity (Wildman–Crippen MR) is 84.9 cm³/mol. The van der Waals surface area contributed by atoms with Crippen LogP contribution in [0.2, 0.25) is 0 Å². The van der Waals surface area contributed by atoms with Crippen LogP contribution in [-0.2, 0) is 0 Å². The number of aryl methyl sites for hydroxylation is 1. The van der Waals surface area contributed by atoms with Crippen molar-refractivity contribution in [3.05, 3.63) is 52.2 Å². The van der Waals surface area contributed by atoms with E-state index in [-0.39, 0.29) is 17.4 Å². The van der Waals surface area contributed by atoms with Gasteiger partial charge in [-0.05, 0) is 19.8 Å². The Bertz CT molecular complexity index is 946. The van der Waals surface area contributed by atoms with Crippen molar-refractivity contribution < 1.29 is 9.21 Å². The Balaban J connectivity index is 1.50. The standard InChI is InChI=1S/C16H17N5O3/c1-10-15(24-9-17-10)16(23)20-6-3-11(4-7-20)12-8-14(22)21-13(19-12)2-5-18-21/h2,5,8-9,11,18H,3-4,6-7H2,1H3. The van der Waals surface area contributed by atoms with Crippen molar-refractivity contribution in [3.63, 3.8) is 0 Å². The highest BCUT2D eigenvalue weighted by atomic mass is 16.3. The highest BCUT2D eigenvalue weighted by molar-refractivity contribution is 5.92. The molecule has 3 aromatic rings. The number of nitrogens with one attached hydrogen (secondary N) is 1. The van der Waals surface area contributed by atoms with E-state index in [4.69, 9.17) is 4.42 Å². The normalized spacial score (nSPS) is 16.0. The van der Waals surface area contributed by atoms with Gasteiger partial charge >= 0.3 is 0 Å². The van der Waals surface area contributed by atoms with E-state index >= 15 is 0 Å². The molecule has 1 aliphatic rings. The number of carbonyl (C=O) groups excluding carboxylic acids is 1. The summed E-state index contributed by atoms with van der Waals surface area (Å²) in [6.45, 7) is 2.97. The van der Waals surface area contributed by atoms with Gasteiger partial charge in [-0.1, -0.05) is 0 Å². The maximum absolute atomic E-state index is 12.4. The molecule has 8 nitrogen and oxygen atoms in total. The highest BCUT2D eigenvalue weighted by Crippen LogP contribution is 2.27. The number of aromatic nitrogens is 4. The molecule has 1 N–H and O–H groups in total. The van der Waals surface area contributed by atoms with Crippen molar-refractivity contribution in [3.8, 4) is 0 Å². The van der Waals surface area contributed by atoms with Crippen LogP contribution in [0.3, 0.4) is 0 Å². The van der Waals surface area contributed by atoms with Gasteiger partial charge < -0.3 is 9.32 Å². The van der Waals surface area contributed by atoms with Crippen LogP contribution in [-0.4, -0.2) is 43.5 Å². The van der Waals surface area contributed by atoms with Crippen LogP contribution in [0.15, 0.2) is 33.9 Å². The van der Waals surface area contributed by atoms with Crippen LogP contribution in [0.25, 0.3) is 5.65 Å². The number of H-pyrrole nitrogens is 1. The molecule has 0 aromatic carbocycles. The number of nitrogens with zero attached hydrogens (tertiary/aromatic N) is 4. The fraction of sp³-hybridized carbons (Fsp3) is 0.375. The van der Waals surface area contributed by atoms with Gasteiger partial charge in [-0.15, -0.1) is 0 Å². The van der Waals surface area contributed by atoms with Gasteiger partial charge in [-0.3, -0.25) is 14.7 Å². The Morgan fingerprint density at radius 1 is 1.38 bits per heavy atom. The Kier molecular flexibility index (Phi) is 3.44. The average Bonchev–Trinajstić information content (AvgIpc) is 3.23. The van der Waals surface area contributed by atoms with E-state index in [0.717, 1.165) is 18.5 Å². The number of amides is 1. The van der Waals surface area contributed by atoms with Gasteiger partial charge in [0.25, 0.3) is 11.5 Å². The first-order valence-corrected chi connectivity index (χ1v) is 7.90. The van der Waals surface area contributed by atoms with Gasteiger partial charge in [-0.2, -0.15) is 0 Å². The molecular weight excluding hydrogens is 310 g/mol. The Labute approximate surface area is 137 Å². The molecule has 24 heavy (non-hydrogen) atoms. The largest absolute Gasteiger partial charge is 0.438 e. The summed E-state index contributed by atoms with van der Waals surface area (Å²) >= 11 is 0. The van der Waals surface area contributed by atoms with Crippen molar-refractivity contribution in [2.75, 3.05) is 13.1 Å². The van der Waals surface area contributed by atoms with Crippen molar-refractivity contribution in [1.29, 1.82) is 0 Å². The number of oxazole rings is 1. The van der Waals surface area contributed by atoms with Crippen molar-refractivity contribution in [1.82, 2.24) is 24.5 Å². The monoisotopic (exact) mass is 327 g/mol. The molecular formula is C16H17N5O3. The van der Waals surface area contributed by atoms with Crippen LogP contribution < -0.4 is 5.56 Å². The van der Waals surface area contributed by atoms with E-state index < -0.39 is 0 Å². The Morgan fingerprint density at radius 2 is 2.17 bits per heavy atom. The minimum absolute atomic E-state index is 0.115. The Hall–Kier alpha value is -2.90. The van der Waals surface area contributed by atoms with E-state index in [1.807, 2.05) is 0 Å². The molecule has 1 saturated heterocycles. The van der Waals surface area contributed by atoms with Crippen LogP contribution in [0.1, 0.15) is 40.7 Å². The van der Waals surface area contributed by atoms with Crippen LogP contribution in [0.4, 0.5) is 0 Å². The molecule has 124 valence electrons. The number of piperidine rings is 1. The second kappa shape index (κ2) is 5.63. The molecule has 0 radical (unpaired) electrons. The molecule has 0 bridgehead atoms. The van der Waals surface area contributed by atoms with Crippen LogP contribution in [0.5, 0.6) is 0 Å². The first-order chi connectivity index (χ1) is 11.6. The van der Waals surface area contributed by atoms with E-state index in [1.54, 1.807) is 30.2 Å². The zero-order valence-electron chi connectivity index (χ0n) is 13.2. The summed E-state index contributed by atoms with van der Waals surface area (Å²) in [6, 6.07) is 3.35. The molecule has 1 amide bonds. The lowest BCUT2D eigenvalue weighted by Gasteiger charge is -2.31. The van der Waals surface area contributed by atoms with Gasteiger partial charge in [0.15, 0.2) is 12.0 Å². The zero-order valence-corrected chi connectivity index (χ0v) is 13.2. The maximum atomic E-state index is 12.4. The average molecular weight is 327 g/mol. The molecule has 1 aliphatic heterocycles. The number of aromatic amines is 1. The van der Waals surface area contributed by atoms with Gasteiger partial charge in [0.1, 0.15) is 0 Å². The molecule has 1 fully saturated rings. The number of hydrogen-bond acceptors (Lipinski definition) is 5. The fourth-order valence-corrected chi connectivity index (χ4v) is 3.18. The van der Waals surface area contributed by atoms with E-state index in [9.17, 15) is 9.59 Å². The number of hydrogen-bond donors (Lipinski definition) is 1. The predicted octanol–water partition coefficient (Wildman–Crippen LogP) is 1.34. The van der Waals surface area contributed by atoms with Crippen molar-refractivity contribution >= 4 is 11.6 Å². The third-order valence-corrected chi connectivity index (χ3v) is 4.54. The summed E-state index contributed by atoms with van der Waals surface area (Å²) in [6.07, 6.45) is 4.52. The molecule has 0 atom stereocenters. The fourth-order valence-electron chi connectivity index (χ4n) is 3.18. The highest BCUT2D eigenvalue weighted by Gasteiger charge is 2.28. The number of rotatable bonds is 2. The zero-order chi connectivity index (χ0) is 16.7. The smallest absolute Gasteiger partial charge is 0.291 e. The minimum atomic E-state index is -0.127.